The predicted molar refractivity (Wildman–Crippen MR) is 165 cm³/mol. The summed E-state index contributed by atoms with van der Waals surface area (Å²) >= 11 is 0. The van der Waals surface area contributed by atoms with E-state index in [9.17, 15) is 4.79 Å². The maximum Gasteiger partial charge on any atom is 0.254 e. The molecule has 0 atom stereocenters. The molecule has 1 aliphatic carbocycles. The first kappa shape index (κ1) is 32.4. The first-order chi connectivity index (χ1) is 19.0. The van der Waals surface area contributed by atoms with Crippen molar-refractivity contribution in [3.63, 3.8) is 0 Å². The normalized spacial score (nSPS) is 18.4. The zero-order valence-corrected chi connectivity index (χ0v) is 25.2. The highest BCUT2D eigenvalue weighted by Gasteiger charge is 2.22. The lowest BCUT2D eigenvalue weighted by Gasteiger charge is -2.25. The Labute approximate surface area is 238 Å². The molecule has 2 aliphatic heterocycles. The van der Waals surface area contributed by atoms with Crippen LogP contribution in [0, 0.1) is 0 Å². The highest BCUT2D eigenvalue weighted by atomic mass is 16.6. The fourth-order valence-corrected chi connectivity index (χ4v) is 5.38. The van der Waals surface area contributed by atoms with Crippen molar-refractivity contribution in [3.8, 4) is 11.5 Å². The molecule has 0 spiro atoms. The minimum atomic E-state index is -0.0509. The Balaban J connectivity index is 0.000000315. The molecule has 0 radical (unpaired) electrons. The van der Waals surface area contributed by atoms with E-state index in [1.54, 1.807) is 36.2 Å². The summed E-state index contributed by atoms with van der Waals surface area (Å²) in [7, 11) is 1.79. The molecule has 216 valence electrons. The third-order valence-electron chi connectivity index (χ3n) is 7.19. The van der Waals surface area contributed by atoms with Gasteiger partial charge in [-0.1, -0.05) is 82.1 Å². The minimum Gasteiger partial charge on any atom is -0.486 e. The Hall–Kier alpha value is -2.79. The van der Waals surface area contributed by atoms with Gasteiger partial charge in [0.1, 0.15) is 13.2 Å². The smallest absolute Gasteiger partial charge is 0.254 e. The van der Waals surface area contributed by atoms with E-state index in [2.05, 4.69) is 17.6 Å². The van der Waals surface area contributed by atoms with Crippen LogP contribution in [-0.4, -0.2) is 61.6 Å². The third kappa shape index (κ3) is 11.1. The molecule has 1 saturated carbocycles. The number of hydrogen-bond acceptors (Lipinski definition) is 4. The van der Waals surface area contributed by atoms with Crippen LogP contribution in [0.25, 0.3) is 0 Å². The Morgan fingerprint density at radius 1 is 1.03 bits per heavy atom. The van der Waals surface area contributed by atoms with Gasteiger partial charge < -0.3 is 19.3 Å². The lowest BCUT2D eigenvalue weighted by molar-refractivity contribution is 0.0805. The summed E-state index contributed by atoms with van der Waals surface area (Å²) in [4.78, 5) is 17.1. The molecule has 39 heavy (non-hydrogen) atoms. The van der Waals surface area contributed by atoms with Gasteiger partial charge in [0.15, 0.2) is 11.5 Å². The number of rotatable bonds is 7. The van der Waals surface area contributed by atoms with Crippen LogP contribution in [0.3, 0.4) is 0 Å². The van der Waals surface area contributed by atoms with Crippen molar-refractivity contribution in [2.45, 2.75) is 85.1 Å². The first-order valence-corrected chi connectivity index (χ1v) is 15.0. The molecular weight excluding hydrogens is 484 g/mol. The highest BCUT2D eigenvalue weighted by Crippen LogP contribution is 2.31. The molecule has 1 aromatic carbocycles. The summed E-state index contributed by atoms with van der Waals surface area (Å²) in [6, 6.07) is 6.27. The van der Waals surface area contributed by atoms with E-state index in [4.69, 9.17) is 9.47 Å². The molecular formula is C34H52N2O3. The average Bonchev–Trinajstić information content (AvgIpc) is 3.36. The lowest BCUT2D eigenvalue weighted by Crippen LogP contribution is -2.31. The first-order valence-electron chi connectivity index (χ1n) is 15.0. The minimum absolute atomic E-state index is 0.0509. The number of benzene rings is 1. The molecule has 2 fully saturated rings. The van der Waals surface area contributed by atoms with Crippen molar-refractivity contribution < 1.29 is 14.3 Å². The standard InChI is InChI=1S/C21H25NO3.C11H21N.C2H6/c1-5-7-17(8-6-2)13-16(3)15-22(4)21(23)18-9-10-19-20(14-18)25-12-11-24-19;1-2-4-8-11(7-3-1)12-9-5-6-10-12;1-2/h5-10,13-14H,1,11-12,15H2,2-4H3;11H,1-10H2;1-2H3/b8-6-,16-13+,17-7+;;. The molecule has 0 aromatic heterocycles. The van der Waals surface area contributed by atoms with Gasteiger partial charge in [0, 0.05) is 25.2 Å². The highest BCUT2D eigenvalue weighted by molar-refractivity contribution is 5.95. The summed E-state index contributed by atoms with van der Waals surface area (Å²) in [5, 5.41) is 0. The van der Waals surface area contributed by atoms with E-state index in [1.807, 2.05) is 45.9 Å². The fraction of sp³-hybridized carbons (Fsp3) is 0.559. The summed E-state index contributed by atoms with van der Waals surface area (Å²) in [5.74, 6) is 1.26. The second-order valence-electron chi connectivity index (χ2n) is 10.3. The molecule has 5 heteroatoms. The largest absolute Gasteiger partial charge is 0.486 e. The molecule has 1 saturated heterocycles. The van der Waals surface area contributed by atoms with Crippen LogP contribution in [0.5, 0.6) is 11.5 Å². The third-order valence-corrected chi connectivity index (χ3v) is 7.19. The van der Waals surface area contributed by atoms with Gasteiger partial charge in [0.25, 0.3) is 5.91 Å². The zero-order chi connectivity index (χ0) is 28.5. The molecule has 3 aliphatic rings. The fourth-order valence-electron chi connectivity index (χ4n) is 5.38. The lowest BCUT2D eigenvalue weighted by atomic mass is 10.1. The molecule has 0 bridgehead atoms. The zero-order valence-electron chi connectivity index (χ0n) is 25.2. The molecule has 0 unspecified atom stereocenters. The number of likely N-dealkylation sites (N-methyl/N-ethyl adjacent to an activating group) is 1. The van der Waals surface area contributed by atoms with Gasteiger partial charge in [-0.3, -0.25) is 4.79 Å². The Morgan fingerprint density at radius 2 is 1.67 bits per heavy atom. The second kappa shape index (κ2) is 18.5. The van der Waals surface area contributed by atoms with Gasteiger partial charge in [0.2, 0.25) is 0 Å². The van der Waals surface area contributed by atoms with Crippen molar-refractivity contribution in [2.75, 3.05) is 39.9 Å². The molecule has 1 amide bonds. The molecule has 0 N–H and O–H groups in total. The van der Waals surface area contributed by atoms with Crippen LogP contribution in [0.4, 0.5) is 0 Å². The number of fused-ring (bicyclic) bond motifs is 1. The van der Waals surface area contributed by atoms with Crippen molar-refractivity contribution in [2.24, 2.45) is 0 Å². The van der Waals surface area contributed by atoms with Crippen LogP contribution in [0.2, 0.25) is 0 Å². The van der Waals surface area contributed by atoms with Gasteiger partial charge >= 0.3 is 0 Å². The second-order valence-corrected chi connectivity index (χ2v) is 10.3. The van der Waals surface area contributed by atoms with Crippen molar-refractivity contribution >= 4 is 5.91 Å². The number of ether oxygens (including phenoxy) is 2. The molecule has 5 nitrogen and oxygen atoms in total. The average molecular weight is 537 g/mol. The number of amides is 1. The van der Waals surface area contributed by atoms with Gasteiger partial charge in [-0.05, 0) is 76.4 Å². The topological polar surface area (TPSA) is 42.0 Å². The number of hydrogen-bond donors (Lipinski definition) is 0. The summed E-state index contributed by atoms with van der Waals surface area (Å²) in [6.07, 6.45) is 21.6. The van der Waals surface area contributed by atoms with Gasteiger partial charge in [0.05, 0.1) is 0 Å². The molecule has 1 aromatic rings. The van der Waals surface area contributed by atoms with Gasteiger partial charge in [-0.2, -0.15) is 0 Å². The monoisotopic (exact) mass is 536 g/mol. The van der Waals surface area contributed by atoms with Crippen LogP contribution in [0.15, 0.2) is 66.3 Å². The van der Waals surface area contributed by atoms with Crippen molar-refractivity contribution in [1.82, 2.24) is 9.80 Å². The van der Waals surface area contributed by atoms with Crippen LogP contribution >= 0.6 is 0 Å². The van der Waals surface area contributed by atoms with Gasteiger partial charge in [-0.25, -0.2) is 0 Å². The quantitative estimate of drug-likeness (QED) is 0.262. The molecule has 2 heterocycles. The summed E-state index contributed by atoms with van der Waals surface area (Å²) < 4.78 is 11.0. The molecule has 4 rings (SSSR count). The maximum absolute atomic E-state index is 12.7. The number of likely N-dealkylation sites (tertiary alicyclic amines) is 1. The van der Waals surface area contributed by atoms with E-state index in [1.165, 1.54) is 64.5 Å². The Morgan fingerprint density at radius 3 is 2.28 bits per heavy atom. The van der Waals surface area contributed by atoms with E-state index in [0.29, 0.717) is 36.8 Å². The predicted octanol–water partition coefficient (Wildman–Crippen LogP) is 8.00. The van der Waals surface area contributed by atoms with E-state index in [-0.39, 0.29) is 5.91 Å². The Bertz CT molecular complexity index is 965. The number of carbonyl (C=O) groups excluding carboxylic acids is 1. The summed E-state index contributed by atoms with van der Waals surface area (Å²) in [6.45, 7) is 16.1. The van der Waals surface area contributed by atoms with Gasteiger partial charge in [-0.15, -0.1) is 0 Å². The summed E-state index contributed by atoms with van der Waals surface area (Å²) in [5.41, 5.74) is 2.73. The number of carbonyl (C=O) groups is 1. The SMILES string of the molecule is C1CCCC(N2CCCC2)CC1.C=C/C=C(\C=C/C)/C=C(\C)CN(C)C(=O)c1ccc2c(c1)OCCO2.CC. The number of allylic oxidation sites excluding steroid dienone is 6. The van der Waals surface area contributed by atoms with Crippen LogP contribution in [0.1, 0.15) is 89.4 Å². The Kier molecular flexibility index (Phi) is 15.4. The van der Waals surface area contributed by atoms with Crippen LogP contribution < -0.4 is 9.47 Å². The maximum atomic E-state index is 12.7. The van der Waals surface area contributed by atoms with E-state index < -0.39 is 0 Å². The van der Waals surface area contributed by atoms with Crippen molar-refractivity contribution in [1.29, 1.82) is 0 Å². The van der Waals surface area contributed by atoms with Crippen molar-refractivity contribution in [3.05, 3.63) is 71.9 Å². The van der Waals surface area contributed by atoms with E-state index >= 15 is 0 Å². The van der Waals surface area contributed by atoms with Crippen LogP contribution in [-0.2, 0) is 0 Å². The number of nitrogens with zero attached hydrogens (tertiary/aromatic N) is 2. The van der Waals surface area contributed by atoms with E-state index in [0.717, 1.165) is 17.2 Å².